The lowest BCUT2D eigenvalue weighted by atomic mass is 9.87. The van der Waals surface area contributed by atoms with Gasteiger partial charge < -0.3 is 13.8 Å². The van der Waals surface area contributed by atoms with Crippen LogP contribution in [0.2, 0.25) is 0 Å². The summed E-state index contributed by atoms with van der Waals surface area (Å²) in [6.45, 7) is 0.740. The van der Waals surface area contributed by atoms with Crippen molar-refractivity contribution >= 4 is 5.91 Å². The topological polar surface area (TPSA) is 59.5 Å². The van der Waals surface area contributed by atoms with Crippen LogP contribution in [0.4, 0.5) is 0 Å². The van der Waals surface area contributed by atoms with E-state index in [9.17, 15) is 4.79 Å². The molecule has 2 fully saturated rings. The number of amides is 1. The Labute approximate surface area is 135 Å². The number of aromatic nitrogens is 1. The number of likely N-dealkylation sites (tertiary alicyclic amines) is 1. The van der Waals surface area contributed by atoms with Crippen LogP contribution in [0.1, 0.15) is 78.9 Å². The molecule has 1 aliphatic carbocycles. The fourth-order valence-electron chi connectivity index (χ4n) is 3.91. The van der Waals surface area contributed by atoms with Gasteiger partial charge in [0.2, 0.25) is 5.76 Å². The smallest absolute Gasteiger partial charge is 0.293 e. The molecule has 23 heavy (non-hydrogen) atoms. The third kappa shape index (κ3) is 2.80. The highest BCUT2D eigenvalue weighted by Gasteiger charge is 2.34. The lowest BCUT2D eigenvalue weighted by Crippen LogP contribution is -2.30. The summed E-state index contributed by atoms with van der Waals surface area (Å²) in [5.74, 6) is 1.60. The van der Waals surface area contributed by atoms with E-state index in [-0.39, 0.29) is 11.9 Å². The molecule has 5 heteroatoms. The van der Waals surface area contributed by atoms with Crippen LogP contribution in [0.5, 0.6) is 0 Å². The highest BCUT2D eigenvalue weighted by atomic mass is 16.5. The zero-order chi connectivity index (χ0) is 15.6. The van der Waals surface area contributed by atoms with Crippen molar-refractivity contribution in [2.24, 2.45) is 0 Å². The van der Waals surface area contributed by atoms with Crippen molar-refractivity contribution in [1.82, 2.24) is 10.1 Å². The summed E-state index contributed by atoms with van der Waals surface area (Å²) in [5.41, 5.74) is 0.946. The molecule has 1 aliphatic heterocycles. The lowest BCUT2D eigenvalue weighted by molar-refractivity contribution is 0.0677. The zero-order valence-corrected chi connectivity index (χ0v) is 13.2. The quantitative estimate of drug-likeness (QED) is 0.848. The summed E-state index contributed by atoms with van der Waals surface area (Å²) in [5, 5.41) is 4.17. The second-order valence-electron chi connectivity index (χ2n) is 6.62. The van der Waals surface area contributed by atoms with Gasteiger partial charge in [0.25, 0.3) is 5.91 Å². The van der Waals surface area contributed by atoms with Crippen molar-refractivity contribution in [2.75, 3.05) is 6.54 Å². The Balaban J connectivity index is 1.51. The van der Waals surface area contributed by atoms with E-state index in [1.807, 2.05) is 23.1 Å². The minimum Gasteiger partial charge on any atom is -0.467 e. The van der Waals surface area contributed by atoms with Gasteiger partial charge in [0.05, 0.1) is 18.0 Å². The van der Waals surface area contributed by atoms with E-state index in [0.29, 0.717) is 11.7 Å². The summed E-state index contributed by atoms with van der Waals surface area (Å²) in [7, 11) is 0. The standard InChI is InChI=1S/C18H22N2O3/c21-18(20-10-4-8-15(20)16-9-5-11-22-16)17-12-14(19-23-17)13-6-2-1-3-7-13/h5,9,11-13,15H,1-4,6-8,10H2. The largest absolute Gasteiger partial charge is 0.467 e. The minimum atomic E-state index is -0.0709. The molecule has 0 bridgehead atoms. The summed E-state index contributed by atoms with van der Waals surface area (Å²) in [4.78, 5) is 14.7. The normalized spacial score (nSPS) is 22.6. The average molecular weight is 314 g/mol. The first kappa shape index (κ1) is 14.5. The molecule has 1 atom stereocenters. The van der Waals surface area contributed by atoms with E-state index in [1.165, 1.54) is 19.3 Å². The van der Waals surface area contributed by atoms with Crippen LogP contribution < -0.4 is 0 Å². The van der Waals surface area contributed by atoms with Crippen LogP contribution in [-0.4, -0.2) is 22.5 Å². The Morgan fingerprint density at radius 3 is 2.83 bits per heavy atom. The van der Waals surface area contributed by atoms with Crippen LogP contribution in [0.15, 0.2) is 33.4 Å². The molecule has 0 radical (unpaired) electrons. The molecule has 0 N–H and O–H groups in total. The number of hydrogen-bond donors (Lipinski definition) is 0. The van der Waals surface area contributed by atoms with Crippen molar-refractivity contribution in [2.45, 2.75) is 56.9 Å². The van der Waals surface area contributed by atoms with Crippen molar-refractivity contribution in [3.05, 3.63) is 41.7 Å². The van der Waals surface area contributed by atoms with Crippen molar-refractivity contribution in [1.29, 1.82) is 0 Å². The maximum Gasteiger partial charge on any atom is 0.293 e. The van der Waals surface area contributed by atoms with Crippen LogP contribution >= 0.6 is 0 Å². The molecule has 1 amide bonds. The van der Waals surface area contributed by atoms with E-state index in [0.717, 1.165) is 43.7 Å². The number of carbonyl (C=O) groups excluding carboxylic acids is 1. The molecular formula is C18H22N2O3. The Morgan fingerprint density at radius 1 is 1.17 bits per heavy atom. The van der Waals surface area contributed by atoms with Gasteiger partial charge in [-0.1, -0.05) is 24.4 Å². The minimum absolute atomic E-state index is 0.0146. The van der Waals surface area contributed by atoms with Gasteiger partial charge in [0.15, 0.2) is 0 Å². The van der Waals surface area contributed by atoms with E-state index in [2.05, 4.69) is 5.16 Å². The van der Waals surface area contributed by atoms with E-state index < -0.39 is 0 Å². The van der Waals surface area contributed by atoms with Crippen molar-refractivity contribution < 1.29 is 13.7 Å². The highest BCUT2D eigenvalue weighted by molar-refractivity contribution is 5.92. The molecule has 0 aromatic carbocycles. The molecule has 0 spiro atoms. The molecule has 122 valence electrons. The molecule has 4 rings (SSSR count). The van der Waals surface area contributed by atoms with Crippen LogP contribution in [0.3, 0.4) is 0 Å². The molecule has 2 aromatic rings. The molecule has 1 saturated heterocycles. The molecule has 5 nitrogen and oxygen atoms in total. The van der Waals surface area contributed by atoms with Gasteiger partial charge in [0, 0.05) is 18.5 Å². The maximum absolute atomic E-state index is 12.8. The van der Waals surface area contributed by atoms with E-state index >= 15 is 0 Å². The van der Waals surface area contributed by atoms with Gasteiger partial charge in [0.1, 0.15) is 5.76 Å². The number of hydrogen-bond acceptors (Lipinski definition) is 4. The fraction of sp³-hybridized carbons (Fsp3) is 0.556. The SMILES string of the molecule is O=C(c1cc(C2CCCCC2)no1)N1CCCC1c1ccco1. The number of rotatable bonds is 3. The third-order valence-electron chi connectivity index (χ3n) is 5.15. The van der Waals surface area contributed by atoms with Gasteiger partial charge in [-0.25, -0.2) is 0 Å². The number of furan rings is 1. The average Bonchev–Trinajstić information content (AvgIpc) is 3.34. The van der Waals surface area contributed by atoms with Gasteiger partial charge in [-0.3, -0.25) is 4.79 Å². The number of carbonyl (C=O) groups is 1. The summed E-state index contributed by atoms with van der Waals surface area (Å²) >= 11 is 0. The van der Waals surface area contributed by atoms with Gasteiger partial charge in [-0.15, -0.1) is 0 Å². The predicted molar refractivity (Wildman–Crippen MR) is 84.0 cm³/mol. The Morgan fingerprint density at radius 2 is 2.04 bits per heavy atom. The summed E-state index contributed by atoms with van der Waals surface area (Å²) in [6, 6.07) is 5.67. The Kier molecular flexibility index (Phi) is 3.93. The molecule has 2 aromatic heterocycles. The second-order valence-corrected chi connectivity index (χ2v) is 6.62. The lowest BCUT2D eigenvalue weighted by Gasteiger charge is -2.21. The first-order valence-electron chi connectivity index (χ1n) is 8.64. The molecule has 3 heterocycles. The predicted octanol–water partition coefficient (Wildman–Crippen LogP) is 4.29. The molecule has 1 unspecified atom stereocenters. The molecule has 2 aliphatic rings. The van der Waals surface area contributed by atoms with Gasteiger partial charge >= 0.3 is 0 Å². The van der Waals surface area contributed by atoms with Crippen molar-refractivity contribution in [3.63, 3.8) is 0 Å². The fourth-order valence-corrected chi connectivity index (χ4v) is 3.91. The first-order chi connectivity index (χ1) is 11.3. The van der Waals surface area contributed by atoms with Gasteiger partial charge in [-0.2, -0.15) is 0 Å². The summed E-state index contributed by atoms with van der Waals surface area (Å²) < 4.78 is 10.9. The van der Waals surface area contributed by atoms with E-state index in [1.54, 1.807) is 6.26 Å². The highest BCUT2D eigenvalue weighted by Crippen LogP contribution is 2.35. The summed E-state index contributed by atoms with van der Waals surface area (Å²) in [6.07, 6.45) is 9.67. The van der Waals surface area contributed by atoms with Gasteiger partial charge in [-0.05, 0) is 37.8 Å². The monoisotopic (exact) mass is 314 g/mol. The third-order valence-corrected chi connectivity index (χ3v) is 5.15. The number of nitrogens with zero attached hydrogens (tertiary/aromatic N) is 2. The van der Waals surface area contributed by atoms with Crippen LogP contribution in [0, 0.1) is 0 Å². The second kappa shape index (κ2) is 6.22. The zero-order valence-electron chi connectivity index (χ0n) is 13.2. The van der Waals surface area contributed by atoms with Crippen molar-refractivity contribution in [3.8, 4) is 0 Å². The van der Waals surface area contributed by atoms with Crippen LogP contribution in [-0.2, 0) is 0 Å². The maximum atomic E-state index is 12.8. The van der Waals surface area contributed by atoms with Crippen LogP contribution in [0.25, 0.3) is 0 Å². The Hall–Kier alpha value is -2.04. The Bertz CT molecular complexity index is 656. The molecule has 1 saturated carbocycles. The van der Waals surface area contributed by atoms with E-state index in [4.69, 9.17) is 8.94 Å². The first-order valence-corrected chi connectivity index (χ1v) is 8.64. The molecular weight excluding hydrogens is 292 g/mol.